The molecule has 48 heavy (non-hydrogen) atoms. The summed E-state index contributed by atoms with van der Waals surface area (Å²) in [5.74, 6) is -3.37. The highest BCUT2D eigenvalue weighted by Crippen LogP contribution is 2.65. The quantitative estimate of drug-likeness (QED) is 0.224. The molecule has 0 aromatic heterocycles. The van der Waals surface area contributed by atoms with E-state index < -0.39 is 69.1 Å². The molecule has 266 valence electrons. The minimum absolute atomic E-state index is 0.0268. The molecule has 13 nitrogen and oxygen atoms in total. The number of likely N-dealkylation sites (tertiary alicyclic amines) is 1. The molecule has 1 aliphatic heterocycles. The van der Waals surface area contributed by atoms with Crippen LogP contribution in [0.2, 0.25) is 0 Å². The molecule has 6 atom stereocenters. The fraction of sp³-hybridized carbons (Fsp3) is 0.676. The maximum absolute atomic E-state index is 14.6. The van der Waals surface area contributed by atoms with Crippen molar-refractivity contribution in [1.29, 1.82) is 0 Å². The molecule has 14 heteroatoms. The van der Waals surface area contributed by atoms with Gasteiger partial charge < -0.3 is 26.6 Å². The van der Waals surface area contributed by atoms with Gasteiger partial charge in [0.2, 0.25) is 27.6 Å². The van der Waals surface area contributed by atoms with Crippen molar-refractivity contribution in [2.24, 2.45) is 34.3 Å². The van der Waals surface area contributed by atoms with E-state index in [0.717, 1.165) is 17.4 Å². The molecule has 1 saturated heterocycles. The molecular formula is C34H52N6O7S. The number of amides is 5. The van der Waals surface area contributed by atoms with Crippen LogP contribution in [-0.4, -0.2) is 97.7 Å². The van der Waals surface area contributed by atoms with E-state index >= 15 is 0 Å². The second-order valence-corrected chi connectivity index (χ2v) is 17.6. The van der Waals surface area contributed by atoms with Crippen molar-refractivity contribution in [2.45, 2.75) is 91.4 Å². The third-order valence-corrected chi connectivity index (χ3v) is 12.0. The summed E-state index contributed by atoms with van der Waals surface area (Å²) in [7, 11) is -2.07. The largest absolute Gasteiger partial charge is 0.363 e. The van der Waals surface area contributed by atoms with E-state index in [0.29, 0.717) is 25.8 Å². The van der Waals surface area contributed by atoms with Crippen molar-refractivity contribution in [1.82, 2.24) is 25.2 Å². The van der Waals surface area contributed by atoms with Gasteiger partial charge in [-0.15, -0.1) is 0 Å². The van der Waals surface area contributed by atoms with E-state index in [1.54, 1.807) is 0 Å². The molecule has 3 aliphatic rings. The number of primary amides is 1. The number of nitrogens with two attached hydrogens (primary N) is 1. The Labute approximate surface area is 284 Å². The molecule has 5 amide bonds. The fourth-order valence-electron chi connectivity index (χ4n) is 7.46. The topological polar surface area (TPSA) is 188 Å². The van der Waals surface area contributed by atoms with E-state index in [4.69, 9.17) is 5.73 Å². The number of sulfonamides is 1. The van der Waals surface area contributed by atoms with Gasteiger partial charge in [-0.3, -0.25) is 19.2 Å². The van der Waals surface area contributed by atoms with E-state index in [9.17, 15) is 32.4 Å². The lowest BCUT2D eigenvalue weighted by atomic mass is 9.86. The first-order valence-electron chi connectivity index (χ1n) is 16.7. The Bertz CT molecular complexity index is 1530. The molecule has 0 spiro atoms. The van der Waals surface area contributed by atoms with Gasteiger partial charge in [-0.25, -0.2) is 17.5 Å². The summed E-state index contributed by atoms with van der Waals surface area (Å²) in [5, 5.41) is 8.57. The number of nitrogens with one attached hydrogen (secondary N) is 3. The van der Waals surface area contributed by atoms with Crippen LogP contribution in [-0.2, 0) is 42.0 Å². The maximum atomic E-state index is 14.6. The van der Waals surface area contributed by atoms with Gasteiger partial charge in [0.05, 0.1) is 12.3 Å². The van der Waals surface area contributed by atoms with Gasteiger partial charge in [-0.2, -0.15) is 0 Å². The number of rotatable bonds is 13. The minimum Gasteiger partial charge on any atom is -0.363 e. The summed E-state index contributed by atoms with van der Waals surface area (Å²) in [4.78, 5) is 68.1. The Morgan fingerprint density at radius 2 is 1.62 bits per heavy atom. The van der Waals surface area contributed by atoms with E-state index in [2.05, 4.69) is 16.0 Å². The van der Waals surface area contributed by atoms with Crippen molar-refractivity contribution < 1.29 is 32.4 Å². The number of carbonyl (C=O) groups excluding carboxylic acids is 5. The van der Waals surface area contributed by atoms with Gasteiger partial charge in [0.25, 0.3) is 5.91 Å². The first kappa shape index (κ1) is 37.3. The zero-order chi connectivity index (χ0) is 35.9. The molecule has 1 aromatic carbocycles. The molecular weight excluding hydrogens is 636 g/mol. The number of fused-ring (bicyclic) bond motifs is 2. The summed E-state index contributed by atoms with van der Waals surface area (Å²) in [6.07, 6.45) is 2.93. The lowest BCUT2D eigenvalue weighted by molar-refractivity contribution is -0.144. The molecule has 1 aromatic rings. The highest BCUT2D eigenvalue weighted by Gasteiger charge is 2.69. The van der Waals surface area contributed by atoms with Crippen LogP contribution < -0.4 is 21.7 Å². The van der Waals surface area contributed by atoms with Crippen molar-refractivity contribution >= 4 is 39.6 Å². The average Bonchev–Trinajstić information content (AvgIpc) is 3.35. The predicted molar refractivity (Wildman–Crippen MR) is 181 cm³/mol. The van der Waals surface area contributed by atoms with E-state index in [-0.39, 0.29) is 36.1 Å². The summed E-state index contributed by atoms with van der Waals surface area (Å²) >= 11 is 0. The van der Waals surface area contributed by atoms with Crippen molar-refractivity contribution in [3.63, 3.8) is 0 Å². The highest BCUT2D eigenvalue weighted by molar-refractivity contribution is 7.88. The zero-order valence-corrected chi connectivity index (χ0v) is 30.1. The normalized spacial score (nSPS) is 23.4. The third-order valence-electron chi connectivity index (χ3n) is 10.7. The number of hydrogen-bond acceptors (Lipinski definition) is 7. The van der Waals surface area contributed by atoms with Gasteiger partial charge in [0.15, 0.2) is 0 Å². The average molecular weight is 689 g/mol. The number of likely N-dealkylation sites (N-methyl/N-ethyl adjacent to an activating group) is 1. The van der Waals surface area contributed by atoms with E-state index in [1.165, 1.54) is 16.3 Å². The third kappa shape index (κ3) is 7.85. The van der Waals surface area contributed by atoms with Crippen LogP contribution in [0.15, 0.2) is 24.3 Å². The summed E-state index contributed by atoms with van der Waals surface area (Å²) in [6.45, 7) is 11.9. The van der Waals surface area contributed by atoms with Crippen LogP contribution in [0.3, 0.4) is 0 Å². The number of piperidine rings is 1. The Hall–Kier alpha value is -3.52. The minimum atomic E-state index is -3.52. The molecule has 4 rings (SSSR count). The molecule has 2 aliphatic carbocycles. The zero-order valence-electron chi connectivity index (χ0n) is 29.3. The first-order valence-corrected chi connectivity index (χ1v) is 18.5. The summed E-state index contributed by atoms with van der Waals surface area (Å²) in [6, 6.07) is 3.66. The number of hydrogen-bond donors (Lipinski definition) is 4. The van der Waals surface area contributed by atoms with Crippen LogP contribution in [0.1, 0.15) is 65.5 Å². The van der Waals surface area contributed by atoms with E-state index in [1.807, 2.05) is 65.8 Å². The smallest absolute Gasteiger partial charge is 0.315 e. The van der Waals surface area contributed by atoms with Crippen LogP contribution in [0.4, 0.5) is 4.79 Å². The monoisotopic (exact) mass is 688 g/mol. The molecule has 5 N–H and O–H groups in total. The van der Waals surface area contributed by atoms with Gasteiger partial charge in [0.1, 0.15) is 12.1 Å². The Balaban J connectivity index is 1.62. The fourth-order valence-corrected chi connectivity index (χ4v) is 7.88. The van der Waals surface area contributed by atoms with Crippen LogP contribution >= 0.6 is 0 Å². The van der Waals surface area contributed by atoms with Crippen molar-refractivity contribution in [2.75, 3.05) is 26.4 Å². The number of ketones is 1. The standard InChI is InChI=1S/C34H52N6O7S/c1-9-12-23(28(41)29(35)42)36-30(43)27-25-22(34(25,5)6)17-40(27)31(44)26(21-15-19-13-10-11-14-20(19)16-21)38-32(45)37-24(33(2,3)4)18-39(7)48(8,46)47/h10-11,13-14,21-27H,9,12,15-18H2,1-8H3,(H2,35,42)(H,36,43)(H2,37,38,45)/t22-,23?,24+,25-,26-,27-/m0/s1. The van der Waals surface area contributed by atoms with Crippen molar-refractivity contribution in [3.8, 4) is 0 Å². The van der Waals surface area contributed by atoms with Gasteiger partial charge in [-0.05, 0) is 59.0 Å². The molecule has 1 saturated carbocycles. The molecule has 0 bridgehead atoms. The Morgan fingerprint density at radius 1 is 1.04 bits per heavy atom. The lowest BCUT2D eigenvalue weighted by Crippen LogP contribution is -2.61. The lowest BCUT2D eigenvalue weighted by Gasteiger charge is -2.37. The number of carbonyl (C=O) groups is 5. The second kappa shape index (κ2) is 13.8. The van der Waals surface area contributed by atoms with Crippen LogP contribution in [0.25, 0.3) is 0 Å². The predicted octanol–water partition coefficient (Wildman–Crippen LogP) is 1.20. The van der Waals surface area contributed by atoms with Gasteiger partial charge >= 0.3 is 6.03 Å². The highest BCUT2D eigenvalue weighted by atomic mass is 32.2. The van der Waals surface area contributed by atoms with Gasteiger partial charge in [0, 0.05) is 26.2 Å². The van der Waals surface area contributed by atoms with Crippen LogP contribution in [0, 0.1) is 28.6 Å². The Morgan fingerprint density at radius 3 is 2.12 bits per heavy atom. The summed E-state index contributed by atoms with van der Waals surface area (Å²) in [5.41, 5.74) is 6.68. The molecule has 0 radical (unpaired) electrons. The number of nitrogens with zero attached hydrogens (tertiary/aromatic N) is 2. The first-order chi connectivity index (χ1) is 22.2. The Kier molecular flexibility index (Phi) is 10.7. The molecule has 1 heterocycles. The van der Waals surface area contributed by atoms with Gasteiger partial charge in [-0.1, -0.05) is 72.2 Å². The molecule has 1 unspecified atom stereocenters. The summed E-state index contributed by atoms with van der Waals surface area (Å²) < 4.78 is 25.5. The SMILES string of the molecule is CCCC(NC(=O)[C@@H]1[C@@H]2[C@H](CN1C(=O)[C@@H](NC(=O)N[C@H](CN(C)S(C)(=O)=O)C(C)(C)C)C1Cc3ccccc3C1)C2(C)C)C(=O)C(N)=O. The second-order valence-electron chi connectivity index (χ2n) is 15.5. The number of benzene rings is 1. The van der Waals surface area contributed by atoms with Crippen LogP contribution in [0.5, 0.6) is 0 Å². The molecule has 2 fully saturated rings. The maximum Gasteiger partial charge on any atom is 0.315 e. The number of Topliss-reactive ketones (excluding diaryl/α,β-unsaturated/α-hetero) is 1. The number of urea groups is 1. The van der Waals surface area contributed by atoms with Crippen molar-refractivity contribution in [3.05, 3.63) is 35.4 Å².